The van der Waals surface area contributed by atoms with Crippen molar-refractivity contribution in [2.24, 2.45) is 0 Å². The summed E-state index contributed by atoms with van der Waals surface area (Å²) in [6.07, 6.45) is 6.74. The van der Waals surface area contributed by atoms with E-state index in [0.29, 0.717) is 6.61 Å². The van der Waals surface area contributed by atoms with Gasteiger partial charge in [-0.1, -0.05) is 60.7 Å². The number of nitrogens with one attached hydrogen (secondary N) is 1. The van der Waals surface area contributed by atoms with E-state index in [1.807, 2.05) is 36.9 Å². The number of aryl methyl sites for hydroxylation is 1. The molecule has 0 fully saturated rings. The van der Waals surface area contributed by atoms with Crippen LogP contribution < -0.4 is 10.1 Å². The lowest BCUT2D eigenvalue weighted by Gasteiger charge is -2.15. The molecule has 4 rings (SSSR count). The molecule has 0 aliphatic carbocycles. The first kappa shape index (κ1) is 20.9. The fourth-order valence-corrected chi connectivity index (χ4v) is 3.39. The molecule has 0 saturated heterocycles. The largest absolute Gasteiger partial charge is 0.489 e. The van der Waals surface area contributed by atoms with Gasteiger partial charge in [0.25, 0.3) is 0 Å². The second kappa shape index (κ2) is 10.6. The summed E-state index contributed by atoms with van der Waals surface area (Å²) < 4.78 is 8.30. The zero-order valence-corrected chi connectivity index (χ0v) is 17.1. The van der Waals surface area contributed by atoms with Crippen molar-refractivity contribution in [1.82, 2.24) is 14.9 Å². The minimum atomic E-state index is 0. The Balaban J connectivity index is 0.00000240. The normalized spacial score (nSPS) is 10.6. The van der Waals surface area contributed by atoms with Crippen molar-refractivity contribution in [2.75, 3.05) is 6.54 Å². The van der Waals surface area contributed by atoms with Crippen LogP contribution in [0.15, 0.2) is 85.5 Å². The third-order valence-electron chi connectivity index (χ3n) is 4.87. The van der Waals surface area contributed by atoms with Gasteiger partial charge in [-0.2, -0.15) is 0 Å². The van der Waals surface area contributed by atoms with E-state index < -0.39 is 0 Å². The Morgan fingerprint density at radius 1 is 0.931 bits per heavy atom. The SMILES string of the molecule is Cl.c1ccc(COc2ccc3ccccc3c2CNCCCn2ccnc2)cc1. The molecule has 29 heavy (non-hydrogen) atoms. The van der Waals surface area contributed by atoms with Crippen molar-refractivity contribution < 1.29 is 4.74 Å². The van der Waals surface area contributed by atoms with Gasteiger partial charge in [-0.15, -0.1) is 12.4 Å². The van der Waals surface area contributed by atoms with Crippen molar-refractivity contribution in [3.8, 4) is 5.75 Å². The molecule has 3 aromatic carbocycles. The lowest BCUT2D eigenvalue weighted by atomic mass is 10.0. The maximum absolute atomic E-state index is 6.19. The molecule has 4 nitrogen and oxygen atoms in total. The summed E-state index contributed by atoms with van der Waals surface area (Å²) in [5.74, 6) is 0.949. The number of nitrogens with zero attached hydrogens (tertiary/aromatic N) is 2. The van der Waals surface area contributed by atoms with Crippen LogP contribution in [0.25, 0.3) is 10.8 Å². The highest BCUT2D eigenvalue weighted by Gasteiger charge is 2.09. The molecular formula is C24H26ClN3O. The van der Waals surface area contributed by atoms with E-state index in [1.165, 1.54) is 21.9 Å². The number of imidazole rings is 1. The maximum atomic E-state index is 6.19. The summed E-state index contributed by atoms with van der Waals surface area (Å²) >= 11 is 0. The van der Waals surface area contributed by atoms with Crippen LogP contribution in [-0.2, 0) is 19.7 Å². The molecule has 0 radical (unpaired) electrons. The minimum Gasteiger partial charge on any atom is -0.489 e. The Labute approximate surface area is 178 Å². The van der Waals surface area contributed by atoms with Crippen LogP contribution >= 0.6 is 12.4 Å². The Hall–Kier alpha value is -2.82. The summed E-state index contributed by atoms with van der Waals surface area (Å²) in [4.78, 5) is 4.09. The molecule has 150 valence electrons. The third-order valence-corrected chi connectivity index (χ3v) is 4.87. The second-order valence-electron chi connectivity index (χ2n) is 6.87. The first-order chi connectivity index (χ1) is 13.9. The molecule has 0 spiro atoms. The van der Waals surface area contributed by atoms with Gasteiger partial charge in [-0.3, -0.25) is 0 Å². The van der Waals surface area contributed by atoms with E-state index in [4.69, 9.17) is 4.74 Å². The summed E-state index contributed by atoms with van der Waals surface area (Å²) in [6, 6.07) is 23.0. The molecule has 4 aromatic rings. The fourth-order valence-electron chi connectivity index (χ4n) is 3.39. The Bertz CT molecular complexity index is 1000. The van der Waals surface area contributed by atoms with Crippen LogP contribution in [0.2, 0.25) is 0 Å². The first-order valence-corrected chi connectivity index (χ1v) is 9.74. The van der Waals surface area contributed by atoms with E-state index in [1.54, 1.807) is 0 Å². The fraction of sp³-hybridized carbons (Fsp3) is 0.208. The predicted molar refractivity (Wildman–Crippen MR) is 121 cm³/mol. The van der Waals surface area contributed by atoms with Crippen molar-refractivity contribution in [3.63, 3.8) is 0 Å². The highest BCUT2D eigenvalue weighted by molar-refractivity contribution is 5.87. The number of benzene rings is 3. The lowest BCUT2D eigenvalue weighted by molar-refractivity contribution is 0.302. The molecular weight excluding hydrogens is 382 g/mol. The number of fused-ring (bicyclic) bond motifs is 1. The maximum Gasteiger partial charge on any atom is 0.124 e. The quantitative estimate of drug-likeness (QED) is 0.387. The molecule has 1 N–H and O–H groups in total. The zero-order chi connectivity index (χ0) is 19.0. The number of aromatic nitrogens is 2. The summed E-state index contributed by atoms with van der Waals surface area (Å²) in [5.41, 5.74) is 2.39. The van der Waals surface area contributed by atoms with Crippen LogP contribution in [0.1, 0.15) is 17.5 Å². The van der Waals surface area contributed by atoms with E-state index in [9.17, 15) is 0 Å². The Kier molecular flexibility index (Phi) is 7.68. The van der Waals surface area contributed by atoms with Crippen LogP contribution in [0, 0.1) is 0 Å². The topological polar surface area (TPSA) is 39.1 Å². The first-order valence-electron chi connectivity index (χ1n) is 9.74. The van der Waals surface area contributed by atoms with Gasteiger partial charge < -0.3 is 14.6 Å². The molecule has 0 aliphatic rings. The van der Waals surface area contributed by atoms with E-state index >= 15 is 0 Å². The number of hydrogen-bond acceptors (Lipinski definition) is 3. The van der Waals surface area contributed by atoms with Gasteiger partial charge in [0.2, 0.25) is 0 Å². The third kappa shape index (κ3) is 5.59. The van der Waals surface area contributed by atoms with Crippen molar-refractivity contribution in [1.29, 1.82) is 0 Å². The summed E-state index contributed by atoms with van der Waals surface area (Å²) in [5, 5.41) is 6.07. The van der Waals surface area contributed by atoms with Gasteiger partial charge in [-0.25, -0.2) is 4.98 Å². The Morgan fingerprint density at radius 2 is 1.76 bits per heavy atom. The predicted octanol–water partition coefficient (Wildman–Crippen LogP) is 5.22. The molecule has 5 heteroatoms. The highest BCUT2D eigenvalue weighted by atomic mass is 35.5. The van der Waals surface area contributed by atoms with Crippen LogP contribution in [0.3, 0.4) is 0 Å². The molecule has 0 bridgehead atoms. The summed E-state index contributed by atoms with van der Waals surface area (Å²) in [6.45, 7) is 3.28. The number of rotatable bonds is 9. The number of halogens is 1. The van der Waals surface area contributed by atoms with Crippen LogP contribution in [0.4, 0.5) is 0 Å². The van der Waals surface area contributed by atoms with Gasteiger partial charge in [0, 0.05) is 31.0 Å². The average Bonchev–Trinajstić information content (AvgIpc) is 3.27. The van der Waals surface area contributed by atoms with Gasteiger partial charge in [-0.05, 0) is 35.4 Å². The lowest BCUT2D eigenvalue weighted by Crippen LogP contribution is -2.17. The van der Waals surface area contributed by atoms with Crippen molar-refractivity contribution in [3.05, 3.63) is 96.6 Å². The van der Waals surface area contributed by atoms with Gasteiger partial charge >= 0.3 is 0 Å². The molecule has 0 amide bonds. The average molecular weight is 408 g/mol. The molecule has 0 aliphatic heterocycles. The highest BCUT2D eigenvalue weighted by Crippen LogP contribution is 2.28. The monoisotopic (exact) mass is 407 g/mol. The molecule has 1 heterocycles. The molecule has 1 aromatic heterocycles. The second-order valence-corrected chi connectivity index (χ2v) is 6.87. The van der Waals surface area contributed by atoms with E-state index in [-0.39, 0.29) is 12.4 Å². The number of ether oxygens (including phenoxy) is 1. The van der Waals surface area contributed by atoms with Crippen molar-refractivity contribution >= 4 is 23.2 Å². The van der Waals surface area contributed by atoms with E-state index in [2.05, 4.69) is 63.4 Å². The molecule has 0 unspecified atom stereocenters. The summed E-state index contributed by atoms with van der Waals surface area (Å²) in [7, 11) is 0. The Morgan fingerprint density at radius 3 is 2.59 bits per heavy atom. The van der Waals surface area contributed by atoms with E-state index in [0.717, 1.165) is 31.8 Å². The van der Waals surface area contributed by atoms with Crippen LogP contribution in [0.5, 0.6) is 5.75 Å². The van der Waals surface area contributed by atoms with Gasteiger partial charge in [0.1, 0.15) is 12.4 Å². The minimum absolute atomic E-state index is 0. The van der Waals surface area contributed by atoms with Crippen molar-refractivity contribution in [2.45, 2.75) is 26.1 Å². The smallest absolute Gasteiger partial charge is 0.124 e. The zero-order valence-electron chi connectivity index (χ0n) is 16.3. The van der Waals surface area contributed by atoms with Gasteiger partial charge in [0.05, 0.1) is 6.33 Å². The molecule has 0 atom stereocenters. The van der Waals surface area contributed by atoms with Crippen LogP contribution in [-0.4, -0.2) is 16.1 Å². The molecule has 0 saturated carbocycles. The number of hydrogen-bond donors (Lipinski definition) is 1. The van der Waals surface area contributed by atoms with Gasteiger partial charge in [0.15, 0.2) is 0 Å². The standard InChI is InChI=1S/C24H25N3O.ClH/c1-2-7-20(8-3-1)18-28-24-12-11-21-9-4-5-10-22(21)23(24)17-25-13-6-15-27-16-14-26-19-27;/h1-5,7-12,14,16,19,25H,6,13,15,17-18H2;1H.